The van der Waals surface area contributed by atoms with Crippen molar-refractivity contribution in [2.75, 3.05) is 0 Å². The summed E-state index contributed by atoms with van der Waals surface area (Å²) in [4.78, 5) is 8.04. The fourth-order valence-corrected chi connectivity index (χ4v) is 1.37. The fraction of sp³-hybridized carbons (Fsp3) is 0.111. The molecule has 0 aliphatic carbocycles. The van der Waals surface area contributed by atoms with Gasteiger partial charge in [0.25, 0.3) is 0 Å². The highest BCUT2D eigenvalue weighted by molar-refractivity contribution is 9.08. The number of aromatic nitrogens is 3. The van der Waals surface area contributed by atoms with Crippen LogP contribution in [0.25, 0.3) is 5.82 Å². The molecule has 0 radical (unpaired) electrons. The Morgan fingerprint density at radius 2 is 2.21 bits per heavy atom. The average molecular weight is 256 g/mol. The van der Waals surface area contributed by atoms with Crippen LogP contribution in [0.3, 0.4) is 0 Å². The Labute approximate surface area is 88.7 Å². The topological polar surface area (TPSA) is 30.7 Å². The number of nitrogens with zero attached hydrogens (tertiary/aromatic N) is 3. The van der Waals surface area contributed by atoms with E-state index in [1.807, 2.05) is 6.20 Å². The van der Waals surface area contributed by atoms with E-state index in [4.69, 9.17) is 0 Å². The molecule has 2 aromatic rings. The van der Waals surface area contributed by atoms with Gasteiger partial charge in [-0.2, -0.15) is 0 Å². The summed E-state index contributed by atoms with van der Waals surface area (Å²) in [6.07, 6.45) is 4.68. The molecule has 0 fully saturated rings. The Balaban J connectivity index is 2.34. The molecular formula is C9H7BrFN3. The zero-order chi connectivity index (χ0) is 9.97. The second-order valence-electron chi connectivity index (χ2n) is 2.74. The molecule has 0 N–H and O–H groups in total. The van der Waals surface area contributed by atoms with E-state index < -0.39 is 0 Å². The smallest absolute Gasteiger partial charge is 0.141 e. The Morgan fingerprint density at radius 1 is 1.36 bits per heavy atom. The Kier molecular flexibility index (Phi) is 2.58. The summed E-state index contributed by atoms with van der Waals surface area (Å²) in [5, 5.41) is 0.696. The van der Waals surface area contributed by atoms with E-state index in [1.54, 1.807) is 17.0 Å². The molecular weight excluding hydrogens is 249 g/mol. The molecule has 0 amide bonds. The van der Waals surface area contributed by atoms with Crippen molar-refractivity contribution in [2.45, 2.75) is 5.33 Å². The highest BCUT2D eigenvalue weighted by Gasteiger charge is 2.00. The molecule has 0 aromatic carbocycles. The molecule has 0 bridgehead atoms. The van der Waals surface area contributed by atoms with E-state index >= 15 is 0 Å². The second kappa shape index (κ2) is 3.88. The van der Waals surface area contributed by atoms with Crippen molar-refractivity contribution in [3.63, 3.8) is 0 Å². The third-order valence-electron chi connectivity index (χ3n) is 1.75. The molecule has 5 heteroatoms. The van der Waals surface area contributed by atoms with E-state index in [0.29, 0.717) is 11.1 Å². The van der Waals surface area contributed by atoms with Crippen LogP contribution in [0.4, 0.5) is 4.39 Å². The summed E-state index contributed by atoms with van der Waals surface area (Å²) in [6, 6.07) is 2.98. The quantitative estimate of drug-likeness (QED) is 0.772. The van der Waals surface area contributed by atoms with Crippen LogP contribution in [0.1, 0.15) is 5.69 Å². The number of halogens is 2. The van der Waals surface area contributed by atoms with E-state index in [9.17, 15) is 4.39 Å². The van der Waals surface area contributed by atoms with E-state index in [0.717, 1.165) is 5.69 Å². The number of hydrogen-bond donors (Lipinski definition) is 0. The first-order valence-corrected chi connectivity index (χ1v) is 5.12. The van der Waals surface area contributed by atoms with Gasteiger partial charge in [-0.05, 0) is 12.1 Å². The van der Waals surface area contributed by atoms with Crippen LogP contribution in [-0.2, 0) is 5.33 Å². The van der Waals surface area contributed by atoms with Crippen molar-refractivity contribution in [1.29, 1.82) is 0 Å². The lowest BCUT2D eigenvalue weighted by atomic mass is 10.4. The normalized spacial score (nSPS) is 10.4. The molecule has 2 heterocycles. The van der Waals surface area contributed by atoms with Gasteiger partial charge < -0.3 is 0 Å². The predicted octanol–water partition coefficient (Wildman–Crippen LogP) is 2.30. The van der Waals surface area contributed by atoms with Crippen molar-refractivity contribution in [1.82, 2.24) is 14.5 Å². The third kappa shape index (κ3) is 1.82. The second-order valence-corrected chi connectivity index (χ2v) is 3.30. The molecule has 72 valence electrons. The highest BCUT2D eigenvalue weighted by atomic mass is 79.9. The molecule has 2 aromatic heterocycles. The summed E-state index contributed by atoms with van der Waals surface area (Å²) in [7, 11) is 0. The summed E-state index contributed by atoms with van der Waals surface area (Å²) < 4.78 is 14.3. The van der Waals surface area contributed by atoms with Crippen molar-refractivity contribution >= 4 is 15.9 Å². The average Bonchev–Trinajstić information content (AvgIpc) is 2.67. The summed E-state index contributed by atoms with van der Waals surface area (Å²) in [5.41, 5.74) is 0.913. The van der Waals surface area contributed by atoms with Gasteiger partial charge in [-0.3, -0.25) is 4.57 Å². The first kappa shape index (κ1) is 9.33. The highest BCUT2D eigenvalue weighted by Crippen LogP contribution is 2.08. The molecule has 0 spiro atoms. The molecule has 14 heavy (non-hydrogen) atoms. The van der Waals surface area contributed by atoms with Crippen molar-refractivity contribution in [2.24, 2.45) is 0 Å². The van der Waals surface area contributed by atoms with Crippen LogP contribution in [0, 0.1) is 5.82 Å². The standard InChI is InChI=1S/C9H7BrFN3/c10-3-8-5-14(6-13-8)9-2-1-7(11)4-12-9/h1-2,4-6H,3H2. The van der Waals surface area contributed by atoms with Crippen LogP contribution in [0.2, 0.25) is 0 Å². The number of imidazole rings is 1. The Hall–Kier alpha value is -1.23. The van der Waals surface area contributed by atoms with Crippen LogP contribution < -0.4 is 0 Å². The Bertz CT molecular complexity index is 424. The molecule has 0 aliphatic heterocycles. The monoisotopic (exact) mass is 255 g/mol. The molecule has 0 atom stereocenters. The number of hydrogen-bond acceptors (Lipinski definition) is 2. The molecule has 3 nitrogen and oxygen atoms in total. The van der Waals surface area contributed by atoms with Gasteiger partial charge in [0.05, 0.1) is 11.9 Å². The number of rotatable bonds is 2. The molecule has 0 saturated heterocycles. The summed E-state index contributed by atoms with van der Waals surface area (Å²) >= 11 is 3.30. The van der Waals surface area contributed by atoms with Crippen LogP contribution >= 0.6 is 15.9 Å². The van der Waals surface area contributed by atoms with Gasteiger partial charge >= 0.3 is 0 Å². The van der Waals surface area contributed by atoms with Crippen molar-refractivity contribution in [3.05, 3.63) is 42.4 Å². The van der Waals surface area contributed by atoms with Crippen LogP contribution in [-0.4, -0.2) is 14.5 Å². The SMILES string of the molecule is Fc1ccc(-n2cnc(CBr)c2)nc1. The molecule has 0 saturated carbocycles. The van der Waals surface area contributed by atoms with Crippen LogP contribution in [0.5, 0.6) is 0 Å². The fourth-order valence-electron chi connectivity index (χ4n) is 1.08. The van der Waals surface area contributed by atoms with E-state index in [2.05, 4.69) is 25.9 Å². The summed E-state index contributed by atoms with van der Waals surface area (Å²) in [5.74, 6) is 0.320. The maximum Gasteiger partial charge on any atom is 0.141 e. The lowest BCUT2D eigenvalue weighted by Crippen LogP contribution is -1.93. The minimum absolute atomic E-state index is 0.338. The third-order valence-corrected chi connectivity index (χ3v) is 2.32. The zero-order valence-electron chi connectivity index (χ0n) is 7.19. The maximum absolute atomic E-state index is 12.6. The number of pyridine rings is 1. The number of alkyl halides is 1. The maximum atomic E-state index is 12.6. The Morgan fingerprint density at radius 3 is 2.79 bits per heavy atom. The minimum atomic E-state index is -0.338. The van der Waals surface area contributed by atoms with Crippen molar-refractivity contribution in [3.8, 4) is 5.82 Å². The first-order chi connectivity index (χ1) is 6.79. The largest absolute Gasteiger partial charge is 0.290 e. The zero-order valence-corrected chi connectivity index (χ0v) is 8.78. The van der Waals surface area contributed by atoms with Gasteiger partial charge in [0.1, 0.15) is 18.0 Å². The predicted molar refractivity (Wildman–Crippen MR) is 53.9 cm³/mol. The lowest BCUT2D eigenvalue weighted by Gasteiger charge is -1.98. The van der Waals surface area contributed by atoms with Gasteiger partial charge in [-0.1, -0.05) is 15.9 Å². The van der Waals surface area contributed by atoms with Gasteiger partial charge in [-0.25, -0.2) is 14.4 Å². The van der Waals surface area contributed by atoms with Gasteiger partial charge in [0.15, 0.2) is 0 Å². The van der Waals surface area contributed by atoms with E-state index in [-0.39, 0.29) is 5.82 Å². The minimum Gasteiger partial charge on any atom is -0.290 e. The van der Waals surface area contributed by atoms with Gasteiger partial charge in [0.2, 0.25) is 0 Å². The lowest BCUT2D eigenvalue weighted by molar-refractivity contribution is 0.620. The molecule has 2 rings (SSSR count). The van der Waals surface area contributed by atoms with E-state index in [1.165, 1.54) is 12.3 Å². The summed E-state index contributed by atoms with van der Waals surface area (Å²) in [6.45, 7) is 0. The molecule has 0 unspecified atom stereocenters. The van der Waals surface area contributed by atoms with Crippen LogP contribution in [0.15, 0.2) is 30.9 Å². The first-order valence-electron chi connectivity index (χ1n) is 4.00. The van der Waals surface area contributed by atoms with Gasteiger partial charge in [0, 0.05) is 11.5 Å². The van der Waals surface area contributed by atoms with Crippen molar-refractivity contribution < 1.29 is 4.39 Å². The van der Waals surface area contributed by atoms with Gasteiger partial charge in [-0.15, -0.1) is 0 Å². The molecule has 0 aliphatic rings.